The minimum atomic E-state index is -0.516. The molecular formula is C10H16N4OS. The molecule has 0 fully saturated rings. The number of anilines is 1. The maximum absolute atomic E-state index is 11.3. The predicted octanol–water partition coefficient (Wildman–Crippen LogP) is 1.42. The van der Waals surface area contributed by atoms with Gasteiger partial charge in [-0.3, -0.25) is 0 Å². The molecule has 16 heavy (non-hydrogen) atoms. The van der Waals surface area contributed by atoms with E-state index < -0.39 is 6.03 Å². The third-order valence-electron chi connectivity index (χ3n) is 2.70. The normalized spacial score (nSPS) is 15.1. The van der Waals surface area contributed by atoms with Gasteiger partial charge in [-0.15, -0.1) is 0 Å². The molecule has 2 heterocycles. The van der Waals surface area contributed by atoms with E-state index in [4.69, 9.17) is 5.73 Å². The quantitative estimate of drug-likeness (QED) is 0.820. The fourth-order valence-corrected chi connectivity index (χ4v) is 2.49. The lowest BCUT2D eigenvalue weighted by molar-refractivity contribution is 0.248. The van der Waals surface area contributed by atoms with Crippen molar-refractivity contribution in [3.05, 3.63) is 11.3 Å². The molecule has 0 saturated heterocycles. The van der Waals surface area contributed by atoms with Gasteiger partial charge in [-0.1, -0.05) is 0 Å². The molecule has 0 atom stereocenters. The van der Waals surface area contributed by atoms with Gasteiger partial charge in [-0.2, -0.15) is 21.5 Å². The number of fused-ring (bicyclic) bond motifs is 1. The summed E-state index contributed by atoms with van der Waals surface area (Å²) in [6.45, 7) is 0.880. The monoisotopic (exact) mass is 240 g/mol. The van der Waals surface area contributed by atoms with Crippen molar-refractivity contribution < 1.29 is 4.79 Å². The molecule has 0 aliphatic carbocycles. The number of primary amides is 1. The summed E-state index contributed by atoms with van der Waals surface area (Å²) in [5.74, 6) is 1.62. The summed E-state index contributed by atoms with van der Waals surface area (Å²) in [5, 5.41) is 7.53. The molecular weight excluding hydrogens is 224 g/mol. The Labute approximate surface area is 98.8 Å². The first-order chi connectivity index (χ1) is 7.74. The molecule has 88 valence electrons. The van der Waals surface area contributed by atoms with Crippen LogP contribution in [0.25, 0.3) is 0 Å². The van der Waals surface area contributed by atoms with Crippen LogP contribution >= 0.6 is 11.8 Å². The molecule has 1 amide bonds. The highest BCUT2D eigenvalue weighted by Gasteiger charge is 2.21. The standard InChI is InChI=1S/C10H16N4OS/c1-16-6-8-7-4-2-3-5-12-9(7)14(13-8)10(11)15/h12H,2-6H2,1H3,(H2,11,15). The minimum Gasteiger partial charge on any atom is -0.370 e. The van der Waals surface area contributed by atoms with E-state index in [1.807, 2.05) is 6.26 Å². The van der Waals surface area contributed by atoms with E-state index in [0.29, 0.717) is 0 Å². The van der Waals surface area contributed by atoms with Crippen LogP contribution in [0.15, 0.2) is 0 Å². The average molecular weight is 240 g/mol. The summed E-state index contributed by atoms with van der Waals surface area (Å²) in [5.41, 5.74) is 7.45. The van der Waals surface area contributed by atoms with Crippen molar-refractivity contribution >= 4 is 23.6 Å². The summed E-state index contributed by atoms with van der Waals surface area (Å²) >= 11 is 1.70. The number of hydrogen-bond acceptors (Lipinski definition) is 4. The number of nitrogens with two attached hydrogens (primary N) is 1. The van der Waals surface area contributed by atoms with Crippen molar-refractivity contribution in [3.63, 3.8) is 0 Å². The summed E-state index contributed by atoms with van der Waals surface area (Å²) in [6.07, 6.45) is 5.25. The number of amides is 1. The average Bonchev–Trinajstić information content (AvgIpc) is 2.46. The predicted molar refractivity (Wildman–Crippen MR) is 65.9 cm³/mol. The lowest BCUT2D eigenvalue weighted by atomic mass is 10.1. The number of carbonyl (C=O) groups excluding carboxylic acids is 1. The molecule has 0 radical (unpaired) electrons. The van der Waals surface area contributed by atoms with E-state index in [2.05, 4.69) is 10.4 Å². The van der Waals surface area contributed by atoms with Crippen molar-refractivity contribution in [2.45, 2.75) is 25.0 Å². The Morgan fingerprint density at radius 3 is 3.12 bits per heavy atom. The van der Waals surface area contributed by atoms with Crippen molar-refractivity contribution in [2.24, 2.45) is 5.73 Å². The zero-order valence-electron chi connectivity index (χ0n) is 9.32. The summed E-state index contributed by atoms with van der Waals surface area (Å²) < 4.78 is 1.30. The molecule has 0 unspecified atom stereocenters. The van der Waals surface area contributed by atoms with Gasteiger partial charge >= 0.3 is 6.03 Å². The second kappa shape index (κ2) is 4.78. The van der Waals surface area contributed by atoms with E-state index in [9.17, 15) is 4.79 Å². The molecule has 0 saturated carbocycles. The highest BCUT2D eigenvalue weighted by atomic mass is 32.2. The number of carbonyl (C=O) groups is 1. The van der Waals surface area contributed by atoms with Crippen LogP contribution in [0.2, 0.25) is 0 Å². The molecule has 0 spiro atoms. The maximum Gasteiger partial charge on any atom is 0.341 e. The topological polar surface area (TPSA) is 72.9 Å². The van der Waals surface area contributed by atoms with E-state index in [-0.39, 0.29) is 0 Å². The SMILES string of the molecule is CSCc1nn(C(N)=O)c2c1CCCCN2. The molecule has 1 aromatic heterocycles. The number of hydrogen-bond donors (Lipinski definition) is 2. The molecule has 1 aliphatic heterocycles. The molecule has 0 aromatic carbocycles. The minimum absolute atomic E-state index is 0.516. The first kappa shape index (κ1) is 11.3. The fraction of sp³-hybridized carbons (Fsp3) is 0.600. The third-order valence-corrected chi connectivity index (χ3v) is 3.26. The second-order valence-electron chi connectivity index (χ2n) is 3.84. The van der Waals surface area contributed by atoms with Crippen LogP contribution in [0.3, 0.4) is 0 Å². The van der Waals surface area contributed by atoms with Crippen LogP contribution in [0.5, 0.6) is 0 Å². The molecule has 1 aromatic rings. The molecule has 6 heteroatoms. The molecule has 2 rings (SSSR count). The van der Waals surface area contributed by atoms with Gasteiger partial charge in [0.15, 0.2) is 0 Å². The first-order valence-electron chi connectivity index (χ1n) is 5.37. The van der Waals surface area contributed by atoms with Crippen molar-refractivity contribution in [3.8, 4) is 0 Å². The number of thioether (sulfide) groups is 1. The van der Waals surface area contributed by atoms with Crippen LogP contribution < -0.4 is 11.1 Å². The van der Waals surface area contributed by atoms with E-state index in [0.717, 1.165) is 48.6 Å². The number of aromatic nitrogens is 2. The number of nitrogens with one attached hydrogen (secondary N) is 1. The van der Waals surface area contributed by atoms with Gasteiger partial charge in [-0.05, 0) is 25.5 Å². The summed E-state index contributed by atoms with van der Waals surface area (Å²) in [6, 6.07) is -0.516. The summed E-state index contributed by atoms with van der Waals surface area (Å²) in [7, 11) is 0. The Balaban J connectivity index is 2.44. The Bertz CT molecular complexity index is 402. The van der Waals surface area contributed by atoms with Gasteiger partial charge in [-0.25, -0.2) is 4.79 Å². The third kappa shape index (κ3) is 2.02. The highest BCUT2D eigenvalue weighted by molar-refractivity contribution is 7.97. The van der Waals surface area contributed by atoms with Gasteiger partial charge < -0.3 is 11.1 Å². The van der Waals surface area contributed by atoms with Gasteiger partial charge in [0.05, 0.1) is 5.69 Å². The number of nitrogens with zero attached hydrogens (tertiary/aromatic N) is 2. The van der Waals surface area contributed by atoms with E-state index in [1.165, 1.54) is 4.68 Å². The smallest absolute Gasteiger partial charge is 0.341 e. The van der Waals surface area contributed by atoms with E-state index >= 15 is 0 Å². The lowest BCUT2D eigenvalue weighted by Gasteiger charge is -2.04. The van der Waals surface area contributed by atoms with Gasteiger partial charge in [0.25, 0.3) is 0 Å². The molecule has 5 nitrogen and oxygen atoms in total. The Hall–Kier alpha value is -1.17. The van der Waals surface area contributed by atoms with Crippen LogP contribution in [0, 0.1) is 0 Å². The van der Waals surface area contributed by atoms with Crippen LogP contribution in [-0.4, -0.2) is 28.6 Å². The number of rotatable bonds is 2. The van der Waals surface area contributed by atoms with E-state index in [1.54, 1.807) is 11.8 Å². The second-order valence-corrected chi connectivity index (χ2v) is 4.71. The van der Waals surface area contributed by atoms with Crippen molar-refractivity contribution in [1.82, 2.24) is 9.78 Å². The highest BCUT2D eigenvalue weighted by Crippen LogP contribution is 2.26. The van der Waals surface area contributed by atoms with Gasteiger partial charge in [0.1, 0.15) is 5.82 Å². The molecule has 0 bridgehead atoms. The molecule has 3 N–H and O–H groups in total. The van der Waals surface area contributed by atoms with Gasteiger partial charge in [0.2, 0.25) is 0 Å². The first-order valence-corrected chi connectivity index (χ1v) is 6.77. The van der Waals surface area contributed by atoms with Crippen molar-refractivity contribution in [2.75, 3.05) is 18.1 Å². The lowest BCUT2D eigenvalue weighted by Crippen LogP contribution is -2.23. The summed E-state index contributed by atoms with van der Waals surface area (Å²) in [4.78, 5) is 11.3. The van der Waals surface area contributed by atoms with Crippen LogP contribution in [0.4, 0.5) is 10.6 Å². The Kier molecular flexibility index (Phi) is 3.38. The fourth-order valence-electron chi connectivity index (χ4n) is 1.99. The maximum atomic E-state index is 11.3. The van der Waals surface area contributed by atoms with Crippen molar-refractivity contribution in [1.29, 1.82) is 0 Å². The Morgan fingerprint density at radius 2 is 2.44 bits per heavy atom. The Morgan fingerprint density at radius 1 is 1.62 bits per heavy atom. The van der Waals surface area contributed by atoms with Crippen LogP contribution in [-0.2, 0) is 12.2 Å². The largest absolute Gasteiger partial charge is 0.370 e. The van der Waals surface area contributed by atoms with Crippen LogP contribution in [0.1, 0.15) is 24.1 Å². The zero-order valence-corrected chi connectivity index (χ0v) is 10.1. The van der Waals surface area contributed by atoms with Gasteiger partial charge in [0, 0.05) is 17.9 Å². The zero-order chi connectivity index (χ0) is 11.5. The molecule has 1 aliphatic rings.